The van der Waals surface area contributed by atoms with Gasteiger partial charge in [0.15, 0.2) is 11.5 Å². The Balaban J connectivity index is 1.57. The lowest BCUT2D eigenvalue weighted by Crippen LogP contribution is -2.18. The van der Waals surface area contributed by atoms with E-state index >= 15 is 0 Å². The van der Waals surface area contributed by atoms with Gasteiger partial charge in [-0.1, -0.05) is 23.7 Å². The molecule has 0 N–H and O–H groups in total. The topological polar surface area (TPSA) is 103 Å². The van der Waals surface area contributed by atoms with Crippen molar-refractivity contribution < 1.29 is 23.7 Å². The highest BCUT2D eigenvalue weighted by atomic mass is 35.5. The first-order valence-corrected chi connectivity index (χ1v) is 12.2. The molecule has 1 aliphatic rings. The first kappa shape index (κ1) is 24.8. The fourth-order valence-corrected chi connectivity index (χ4v) is 4.83. The Morgan fingerprint density at radius 2 is 1.97 bits per heavy atom. The van der Waals surface area contributed by atoms with E-state index in [2.05, 4.69) is 20.1 Å². The second-order valence-corrected chi connectivity index (χ2v) is 8.76. The highest BCUT2D eigenvalue weighted by molar-refractivity contribution is 6.30. The molecule has 11 heteroatoms. The minimum absolute atomic E-state index is 0.0481. The summed E-state index contributed by atoms with van der Waals surface area (Å²) in [6.45, 7) is 2.29. The van der Waals surface area contributed by atoms with Gasteiger partial charge >= 0.3 is 5.97 Å². The molecule has 4 aromatic rings. The summed E-state index contributed by atoms with van der Waals surface area (Å²) in [4.78, 5) is 12.3. The molecule has 0 aliphatic carbocycles. The Kier molecular flexibility index (Phi) is 7.11. The lowest BCUT2D eigenvalue weighted by atomic mass is 9.98. The van der Waals surface area contributed by atoms with Gasteiger partial charge in [-0.05, 0) is 60.2 Å². The molecule has 0 saturated carbocycles. The van der Waals surface area contributed by atoms with E-state index in [1.165, 1.54) is 4.68 Å². The van der Waals surface area contributed by atoms with Gasteiger partial charge in [0.2, 0.25) is 0 Å². The summed E-state index contributed by atoms with van der Waals surface area (Å²) in [6.07, 6.45) is 1.56. The number of aryl methyl sites for hydroxylation is 1. The summed E-state index contributed by atoms with van der Waals surface area (Å²) in [6, 6.07) is 15.4. The minimum Gasteiger partial charge on any atom is -0.493 e. The van der Waals surface area contributed by atoms with Crippen LogP contribution in [-0.4, -0.2) is 51.6 Å². The van der Waals surface area contributed by atoms with Crippen molar-refractivity contribution in [2.45, 2.75) is 32.1 Å². The maximum atomic E-state index is 12.3. The number of ether oxygens (including phenoxy) is 4. The number of nitrogens with zero attached hydrogens (tertiary/aromatic N) is 5. The predicted octanol–water partition coefficient (Wildman–Crippen LogP) is 4.56. The fourth-order valence-electron chi connectivity index (χ4n) is 4.65. The third-order valence-corrected chi connectivity index (χ3v) is 6.49. The standard InChI is InChI=1S/C26H26ClN5O5/c1-4-36-26(33)25-28-29-30-32(25)14-12-21-20-8-6-13-31(20)19-11-10-16(27)15-18(19)23(37-21)17-7-5-9-22(34-2)24(17)35-3/h5-11,13,15,21,23H,4,12,14H2,1-3H3/t21-,23-/m1/s1. The summed E-state index contributed by atoms with van der Waals surface area (Å²) in [5, 5.41) is 12.1. The van der Waals surface area contributed by atoms with Crippen molar-refractivity contribution in [1.29, 1.82) is 0 Å². The molecule has 0 saturated heterocycles. The Labute approximate surface area is 218 Å². The predicted molar refractivity (Wildman–Crippen MR) is 134 cm³/mol. The number of methoxy groups -OCH3 is 2. The summed E-state index contributed by atoms with van der Waals surface area (Å²) in [5.41, 5.74) is 3.57. The third kappa shape index (κ3) is 4.65. The second kappa shape index (κ2) is 10.6. The highest BCUT2D eigenvalue weighted by Crippen LogP contribution is 2.46. The number of rotatable bonds is 8. The van der Waals surface area contributed by atoms with Crippen molar-refractivity contribution in [3.63, 3.8) is 0 Å². The summed E-state index contributed by atoms with van der Waals surface area (Å²) in [7, 11) is 3.20. The number of esters is 1. The van der Waals surface area contributed by atoms with Gasteiger partial charge in [-0.3, -0.25) is 0 Å². The van der Waals surface area contributed by atoms with E-state index in [0.717, 1.165) is 22.5 Å². The molecule has 10 nitrogen and oxygen atoms in total. The van der Waals surface area contributed by atoms with Crippen LogP contribution >= 0.6 is 11.6 Å². The first-order valence-electron chi connectivity index (χ1n) is 11.8. The third-order valence-electron chi connectivity index (χ3n) is 6.25. The molecule has 37 heavy (non-hydrogen) atoms. The molecule has 1 aliphatic heterocycles. The summed E-state index contributed by atoms with van der Waals surface area (Å²) >= 11 is 6.46. The largest absolute Gasteiger partial charge is 0.493 e. The number of aromatic nitrogens is 5. The maximum Gasteiger partial charge on any atom is 0.378 e. The van der Waals surface area contributed by atoms with Crippen molar-refractivity contribution >= 4 is 17.6 Å². The number of tetrazole rings is 1. The van der Waals surface area contributed by atoms with Crippen LogP contribution in [0.4, 0.5) is 0 Å². The van der Waals surface area contributed by atoms with Crippen LogP contribution in [0.5, 0.6) is 11.5 Å². The van der Waals surface area contributed by atoms with Gasteiger partial charge in [0.1, 0.15) is 12.2 Å². The molecule has 2 aromatic carbocycles. The van der Waals surface area contributed by atoms with Gasteiger partial charge in [-0.15, -0.1) is 5.10 Å². The number of halogens is 1. The van der Waals surface area contributed by atoms with Crippen LogP contribution in [0.2, 0.25) is 5.02 Å². The number of carbonyl (C=O) groups is 1. The Hall–Kier alpha value is -3.89. The Morgan fingerprint density at radius 1 is 1.11 bits per heavy atom. The number of para-hydroxylation sites is 1. The molecule has 5 rings (SSSR count). The quantitative estimate of drug-likeness (QED) is 0.310. The normalized spacial score (nSPS) is 16.4. The van der Waals surface area contributed by atoms with Gasteiger partial charge in [-0.25, -0.2) is 9.48 Å². The average molecular weight is 524 g/mol. The smallest absolute Gasteiger partial charge is 0.378 e. The zero-order valence-corrected chi connectivity index (χ0v) is 21.4. The van der Waals surface area contributed by atoms with Crippen LogP contribution in [0.3, 0.4) is 0 Å². The number of fused-ring (bicyclic) bond motifs is 3. The highest BCUT2D eigenvalue weighted by Gasteiger charge is 2.33. The van der Waals surface area contributed by atoms with Crippen LogP contribution in [0, 0.1) is 0 Å². The van der Waals surface area contributed by atoms with Crippen molar-refractivity contribution in [3.05, 3.63) is 82.4 Å². The SMILES string of the molecule is CCOC(=O)c1nnnn1CC[C@H]1O[C@H](c2cccc(OC)c2OC)c2cc(Cl)ccc2-n2cccc21. The lowest BCUT2D eigenvalue weighted by Gasteiger charge is -2.25. The van der Waals surface area contributed by atoms with E-state index in [1.54, 1.807) is 21.1 Å². The van der Waals surface area contributed by atoms with Crippen molar-refractivity contribution in [3.8, 4) is 17.2 Å². The van der Waals surface area contributed by atoms with Gasteiger partial charge in [0.05, 0.1) is 32.2 Å². The van der Waals surface area contributed by atoms with E-state index in [9.17, 15) is 4.79 Å². The van der Waals surface area contributed by atoms with E-state index in [0.29, 0.717) is 29.5 Å². The fraction of sp³-hybridized carbons (Fsp3) is 0.308. The van der Waals surface area contributed by atoms with Crippen molar-refractivity contribution in [1.82, 2.24) is 24.8 Å². The van der Waals surface area contributed by atoms with Crippen molar-refractivity contribution in [2.24, 2.45) is 0 Å². The molecule has 0 fully saturated rings. The number of benzene rings is 2. The molecule has 0 radical (unpaired) electrons. The van der Waals surface area contributed by atoms with Gasteiger partial charge in [0.25, 0.3) is 5.82 Å². The number of hydrogen-bond acceptors (Lipinski definition) is 8. The van der Waals surface area contributed by atoms with E-state index in [1.807, 2.05) is 54.7 Å². The molecule has 0 spiro atoms. The summed E-state index contributed by atoms with van der Waals surface area (Å²) in [5.74, 6) is 0.655. The molecule has 0 amide bonds. The van der Waals surface area contributed by atoms with Crippen LogP contribution in [0.1, 0.15) is 53.0 Å². The molecular formula is C26H26ClN5O5. The van der Waals surface area contributed by atoms with Gasteiger partial charge in [0, 0.05) is 28.9 Å². The molecule has 0 unspecified atom stereocenters. The Morgan fingerprint density at radius 3 is 2.76 bits per heavy atom. The molecule has 0 bridgehead atoms. The zero-order valence-electron chi connectivity index (χ0n) is 20.6. The molecule has 2 atom stereocenters. The van der Waals surface area contributed by atoms with Gasteiger partial charge in [-0.2, -0.15) is 0 Å². The lowest BCUT2D eigenvalue weighted by molar-refractivity contribution is -0.00203. The van der Waals surface area contributed by atoms with Gasteiger partial charge < -0.3 is 23.5 Å². The molecule has 2 aromatic heterocycles. The maximum absolute atomic E-state index is 12.3. The number of hydrogen-bond donors (Lipinski definition) is 0. The van der Waals surface area contributed by atoms with Crippen LogP contribution in [0.15, 0.2) is 54.7 Å². The monoisotopic (exact) mass is 523 g/mol. The molecule has 3 heterocycles. The Bertz CT molecular complexity index is 1420. The van der Waals surface area contributed by atoms with Crippen molar-refractivity contribution in [2.75, 3.05) is 20.8 Å². The van der Waals surface area contributed by atoms with E-state index in [4.69, 9.17) is 30.5 Å². The number of carbonyl (C=O) groups excluding carboxylic acids is 1. The zero-order chi connectivity index (χ0) is 25.9. The van der Waals surface area contributed by atoms with Crippen LogP contribution in [0.25, 0.3) is 5.69 Å². The van der Waals surface area contributed by atoms with Crippen LogP contribution in [-0.2, 0) is 16.0 Å². The van der Waals surface area contributed by atoms with Crippen LogP contribution < -0.4 is 9.47 Å². The van der Waals surface area contributed by atoms with E-state index in [-0.39, 0.29) is 18.5 Å². The van der Waals surface area contributed by atoms with E-state index < -0.39 is 12.1 Å². The minimum atomic E-state index is -0.571. The average Bonchev–Trinajstić information content (AvgIpc) is 3.56. The molecule has 192 valence electrons. The first-order chi connectivity index (χ1) is 18.0. The molecular weight excluding hydrogens is 498 g/mol. The summed E-state index contributed by atoms with van der Waals surface area (Å²) < 4.78 is 26.8. The second-order valence-electron chi connectivity index (χ2n) is 8.33.